The molecule has 2 aromatic rings. The van der Waals surface area contributed by atoms with Crippen LogP contribution in [0.1, 0.15) is 20.7 Å². The number of carbonyl (C=O) groups excluding carboxylic acids is 2. The highest BCUT2D eigenvalue weighted by Crippen LogP contribution is 2.27. The summed E-state index contributed by atoms with van der Waals surface area (Å²) in [5.41, 5.74) is -1.01. The summed E-state index contributed by atoms with van der Waals surface area (Å²) in [7, 11) is 1.08. The third-order valence-electron chi connectivity index (χ3n) is 3.16. The third-order valence-corrected chi connectivity index (χ3v) is 3.16. The van der Waals surface area contributed by atoms with Gasteiger partial charge in [-0.15, -0.1) is 0 Å². The van der Waals surface area contributed by atoms with E-state index in [0.717, 1.165) is 25.3 Å². The van der Waals surface area contributed by atoms with Gasteiger partial charge in [0.05, 0.1) is 23.3 Å². The quantitative estimate of drug-likeness (QED) is 0.478. The molecule has 0 radical (unpaired) electrons. The maximum Gasteiger partial charge on any atom is 0.387 e. The van der Waals surface area contributed by atoms with Gasteiger partial charge in [-0.05, 0) is 18.2 Å². The number of nitro groups is 1. The minimum atomic E-state index is -3.10. The van der Waals surface area contributed by atoms with E-state index in [4.69, 9.17) is 0 Å². The van der Waals surface area contributed by atoms with Gasteiger partial charge in [0.1, 0.15) is 5.75 Å². The minimum Gasteiger partial charge on any atom is -0.465 e. The number of ether oxygens (including phenoxy) is 2. The first-order valence-corrected chi connectivity index (χ1v) is 7.05. The van der Waals surface area contributed by atoms with Gasteiger partial charge in [0.2, 0.25) is 0 Å². The van der Waals surface area contributed by atoms with Crippen LogP contribution >= 0.6 is 0 Å². The van der Waals surface area contributed by atoms with E-state index >= 15 is 0 Å². The Bertz CT molecular complexity index is 856. The number of alkyl halides is 2. The molecule has 0 saturated heterocycles. The van der Waals surface area contributed by atoms with Crippen molar-refractivity contribution in [2.45, 2.75) is 6.61 Å². The topological polar surface area (TPSA) is 108 Å². The van der Waals surface area contributed by atoms with Crippen molar-refractivity contribution in [2.75, 3.05) is 12.4 Å². The Balaban J connectivity index is 2.37. The summed E-state index contributed by atoms with van der Waals surface area (Å²) in [6.07, 6.45) is 0. The van der Waals surface area contributed by atoms with Crippen molar-refractivity contribution in [3.05, 3.63) is 63.7 Å². The van der Waals surface area contributed by atoms with Gasteiger partial charge in [0, 0.05) is 17.7 Å². The van der Waals surface area contributed by atoms with Gasteiger partial charge in [0.25, 0.3) is 11.6 Å². The summed E-state index contributed by atoms with van der Waals surface area (Å²) in [5.74, 6) is -2.01. The number of rotatable bonds is 6. The largest absolute Gasteiger partial charge is 0.465 e. The van der Waals surface area contributed by atoms with E-state index in [9.17, 15) is 28.5 Å². The number of non-ortho nitro benzene ring substituents is 1. The molecule has 0 atom stereocenters. The van der Waals surface area contributed by atoms with Crippen molar-refractivity contribution in [3.63, 3.8) is 0 Å². The predicted molar refractivity (Wildman–Crippen MR) is 85.5 cm³/mol. The average molecular weight is 366 g/mol. The van der Waals surface area contributed by atoms with Crippen LogP contribution in [0.25, 0.3) is 0 Å². The summed E-state index contributed by atoms with van der Waals surface area (Å²) >= 11 is 0. The normalized spacial score (nSPS) is 10.3. The van der Waals surface area contributed by atoms with Crippen LogP contribution in [0.3, 0.4) is 0 Å². The fraction of sp³-hybridized carbons (Fsp3) is 0.125. The Hall–Kier alpha value is -3.56. The molecule has 10 heteroatoms. The molecule has 2 rings (SSSR count). The van der Waals surface area contributed by atoms with Crippen molar-refractivity contribution in [1.82, 2.24) is 0 Å². The van der Waals surface area contributed by atoms with Crippen LogP contribution in [0.15, 0.2) is 42.5 Å². The molecule has 26 heavy (non-hydrogen) atoms. The van der Waals surface area contributed by atoms with E-state index in [-0.39, 0.29) is 22.6 Å². The average Bonchev–Trinajstić information content (AvgIpc) is 2.61. The lowest BCUT2D eigenvalue weighted by molar-refractivity contribution is -0.384. The number of nitro benzene ring substituents is 1. The van der Waals surface area contributed by atoms with Crippen molar-refractivity contribution in [1.29, 1.82) is 0 Å². The maximum absolute atomic E-state index is 12.4. The zero-order valence-electron chi connectivity index (χ0n) is 13.3. The fourth-order valence-electron chi connectivity index (χ4n) is 2.05. The predicted octanol–water partition coefficient (Wildman–Crippen LogP) is 3.24. The van der Waals surface area contributed by atoms with Crippen molar-refractivity contribution >= 4 is 23.3 Å². The van der Waals surface area contributed by atoms with E-state index < -0.39 is 29.1 Å². The van der Waals surface area contributed by atoms with Crippen LogP contribution in [0, 0.1) is 10.1 Å². The van der Waals surface area contributed by atoms with Crippen LogP contribution in [0.4, 0.5) is 20.2 Å². The molecule has 0 heterocycles. The molecule has 1 amide bonds. The monoisotopic (exact) mass is 366 g/mol. The number of carbonyl (C=O) groups is 2. The number of nitrogens with one attached hydrogen (secondary N) is 1. The van der Waals surface area contributed by atoms with Gasteiger partial charge >= 0.3 is 12.6 Å². The highest BCUT2D eigenvalue weighted by molar-refractivity contribution is 6.06. The molecule has 2 aromatic carbocycles. The smallest absolute Gasteiger partial charge is 0.387 e. The number of para-hydroxylation sites is 2. The van der Waals surface area contributed by atoms with Crippen LogP contribution in [0.5, 0.6) is 5.75 Å². The van der Waals surface area contributed by atoms with E-state index in [1.54, 1.807) is 0 Å². The lowest BCUT2D eigenvalue weighted by Crippen LogP contribution is -2.15. The molecular formula is C16H12F2N2O6. The highest BCUT2D eigenvalue weighted by Gasteiger charge is 2.19. The zero-order valence-corrected chi connectivity index (χ0v) is 13.3. The Morgan fingerprint density at radius 3 is 2.42 bits per heavy atom. The molecule has 0 spiro atoms. The molecule has 1 N–H and O–H groups in total. The number of methoxy groups -OCH3 is 1. The molecular weight excluding hydrogens is 354 g/mol. The first kappa shape index (κ1) is 18.8. The second-order valence-electron chi connectivity index (χ2n) is 4.85. The Labute approximate surface area is 145 Å². The Kier molecular flexibility index (Phi) is 5.78. The number of nitrogens with zero attached hydrogens (tertiary/aromatic N) is 1. The van der Waals surface area contributed by atoms with Crippen molar-refractivity contribution < 1.29 is 32.8 Å². The second kappa shape index (κ2) is 8.01. The van der Waals surface area contributed by atoms with E-state index in [1.807, 2.05) is 0 Å². The first-order chi connectivity index (χ1) is 12.3. The minimum absolute atomic E-state index is 0.0658. The Morgan fingerprint density at radius 2 is 1.81 bits per heavy atom. The maximum atomic E-state index is 12.4. The number of hydrogen-bond donors (Lipinski definition) is 1. The van der Waals surface area contributed by atoms with Crippen LogP contribution in [-0.4, -0.2) is 30.5 Å². The summed E-state index contributed by atoms with van der Waals surface area (Å²) < 4.78 is 33.6. The number of halogens is 2. The van der Waals surface area contributed by atoms with E-state index in [0.29, 0.717) is 0 Å². The van der Waals surface area contributed by atoms with Crippen LogP contribution in [-0.2, 0) is 4.74 Å². The highest BCUT2D eigenvalue weighted by atomic mass is 19.3. The summed E-state index contributed by atoms with van der Waals surface area (Å²) in [4.78, 5) is 34.2. The van der Waals surface area contributed by atoms with Gasteiger partial charge in [-0.1, -0.05) is 12.1 Å². The lowest BCUT2D eigenvalue weighted by Gasteiger charge is -2.12. The zero-order chi connectivity index (χ0) is 19.3. The molecule has 0 aliphatic heterocycles. The first-order valence-electron chi connectivity index (χ1n) is 7.05. The molecule has 136 valence electrons. The molecule has 0 unspecified atom stereocenters. The van der Waals surface area contributed by atoms with Crippen molar-refractivity contribution in [2.24, 2.45) is 0 Å². The van der Waals surface area contributed by atoms with Gasteiger partial charge < -0.3 is 14.8 Å². The van der Waals surface area contributed by atoms with Gasteiger partial charge in [-0.25, -0.2) is 4.79 Å². The lowest BCUT2D eigenvalue weighted by atomic mass is 10.1. The van der Waals surface area contributed by atoms with E-state index in [1.165, 1.54) is 24.3 Å². The molecule has 0 fully saturated rings. The number of benzene rings is 2. The van der Waals surface area contributed by atoms with Crippen LogP contribution < -0.4 is 10.1 Å². The van der Waals surface area contributed by atoms with Gasteiger partial charge in [-0.3, -0.25) is 14.9 Å². The van der Waals surface area contributed by atoms with Crippen molar-refractivity contribution in [3.8, 4) is 5.75 Å². The van der Waals surface area contributed by atoms with E-state index in [2.05, 4.69) is 14.8 Å². The second-order valence-corrected chi connectivity index (χ2v) is 4.85. The van der Waals surface area contributed by atoms with Crippen LogP contribution in [0.2, 0.25) is 0 Å². The number of esters is 1. The molecule has 0 aromatic heterocycles. The molecule has 0 aliphatic rings. The molecule has 8 nitrogen and oxygen atoms in total. The van der Waals surface area contributed by atoms with Gasteiger partial charge in [-0.2, -0.15) is 8.78 Å². The summed E-state index contributed by atoms with van der Waals surface area (Å²) in [5, 5.41) is 13.3. The standard InChI is InChI=1S/C16H12F2N2O6/c1-25-15(22)10-6-9(7-11(8-10)20(23)24)14(21)19-12-4-2-3-5-13(12)26-16(17)18/h2-8,16H,1H3,(H,19,21). The fourth-order valence-corrected chi connectivity index (χ4v) is 2.05. The molecule has 0 bridgehead atoms. The third kappa shape index (κ3) is 4.50. The SMILES string of the molecule is COC(=O)c1cc(C(=O)Nc2ccccc2OC(F)F)cc([N+](=O)[O-])c1. The Morgan fingerprint density at radius 1 is 1.15 bits per heavy atom. The number of amides is 1. The number of anilines is 1. The number of hydrogen-bond acceptors (Lipinski definition) is 6. The molecule has 0 aliphatic carbocycles. The summed E-state index contributed by atoms with van der Waals surface area (Å²) in [6.45, 7) is -3.10. The molecule has 0 saturated carbocycles. The summed E-state index contributed by atoms with van der Waals surface area (Å²) in [6, 6.07) is 8.42. The van der Waals surface area contributed by atoms with Gasteiger partial charge in [0.15, 0.2) is 0 Å².